The van der Waals surface area contributed by atoms with E-state index in [9.17, 15) is 27.6 Å². The van der Waals surface area contributed by atoms with Gasteiger partial charge in [-0.05, 0) is 35.1 Å². The smallest absolute Gasteiger partial charge is 0.408 e. The molecule has 0 spiro atoms. The van der Waals surface area contributed by atoms with E-state index in [1.807, 2.05) is 48.5 Å². The van der Waals surface area contributed by atoms with Crippen LogP contribution in [0.1, 0.15) is 43.2 Å². The molecule has 182 valence electrons. The Morgan fingerprint density at radius 1 is 1.00 bits per heavy atom. The van der Waals surface area contributed by atoms with Gasteiger partial charge in [-0.2, -0.15) is 13.2 Å². The Labute approximate surface area is 194 Å². The molecule has 2 amide bonds. The molecule has 0 aliphatic heterocycles. The Morgan fingerprint density at radius 3 is 2.06 bits per heavy atom. The topological polar surface area (TPSA) is 105 Å². The van der Waals surface area contributed by atoms with Gasteiger partial charge in [0.25, 0.3) is 0 Å². The van der Waals surface area contributed by atoms with Gasteiger partial charge in [0.2, 0.25) is 5.91 Å². The van der Waals surface area contributed by atoms with Crippen molar-refractivity contribution in [2.75, 3.05) is 6.61 Å². The molecule has 3 rings (SSSR count). The quantitative estimate of drug-likeness (QED) is 0.501. The Hall–Kier alpha value is -3.56. The van der Waals surface area contributed by atoms with E-state index >= 15 is 0 Å². The zero-order valence-corrected chi connectivity index (χ0v) is 18.4. The summed E-state index contributed by atoms with van der Waals surface area (Å²) in [6.07, 6.45) is -7.32. The zero-order valence-electron chi connectivity index (χ0n) is 18.4. The van der Waals surface area contributed by atoms with Crippen LogP contribution in [0.4, 0.5) is 18.0 Å². The number of hydrogen-bond donors (Lipinski definition) is 3. The molecule has 10 heteroatoms. The van der Waals surface area contributed by atoms with Gasteiger partial charge in [0, 0.05) is 12.3 Å². The first kappa shape index (κ1) is 25.1. The molecule has 2 aromatic rings. The number of ether oxygens (including phenoxy) is 1. The lowest BCUT2D eigenvalue weighted by atomic mass is 9.98. The summed E-state index contributed by atoms with van der Waals surface area (Å²) in [6, 6.07) is 11.8. The molecule has 1 unspecified atom stereocenters. The van der Waals surface area contributed by atoms with E-state index in [-0.39, 0.29) is 18.9 Å². The second-order valence-corrected chi connectivity index (χ2v) is 7.97. The third kappa shape index (κ3) is 5.86. The van der Waals surface area contributed by atoms with Gasteiger partial charge in [-0.15, -0.1) is 0 Å². The summed E-state index contributed by atoms with van der Waals surface area (Å²) in [5, 5.41) is 12.8. The molecule has 3 N–H and O–H groups in total. The standard InChI is InChI=1S/C24H25F3N2O5/c1-2-19(22(32)29-20(24(25,26)27)11-12-21(30)31)28-23(33)34-13-18-16-9-5-3-7-14(16)15-8-4-6-10-17(15)18/h3-10,18-20H,2,11-13H2,1H3,(H,28,33)(H,29,32)(H,30,31)/t19?,20-/m0/s1. The number of carbonyl (C=O) groups is 3. The number of aliphatic carboxylic acids is 1. The summed E-state index contributed by atoms with van der Waals surface area (Å²) >= 11 is 0. The maximum atomic E-state index is 13.2. The number of amides is 2. The fourth-order valence-corrected chi connectivity index (χ4v) is 3.99. The molecule has 0 aromatic heterocycles. The third-order valence-corrected chi connectivity index (χ3v) is 5.72. The van der Waals surface area contributed by atoms with Crippen molar-refractivity contribution in [1.82, 2.24) is 10.6 Å². The van der Waals surface area contributed by atoms with Crippen LogP contribution < -0.4 is 10.6 Å². The van der Waals surface area contributed by atoms with Crippen LogP contribution in [0.15, 0.2) is 48.5 Å². The third-order valence-electron chi connectivity index (χ3n) is 5.72. The zero-order chi connectivity index (χ0) is 24.9. The highest BCUT2D eigenvalue weighted by atomic mass is 19.4. The summed E-state index contributed by atoms with van der Waals surface area (Å²) in [6.45, 7) is 1.51. The Morgan fingerprint density at radius 2 is 1.56 bits per heavy atom. The summed E-state index contributed by atoms with van der Waals surface area (Å²) in [5.74, 6) is -2.69. The lowest BCUT2D eigenvalue weighted by molar-refractivity contribution is -0.165. The highest BCUT2D eigenvalue weighted by molar-refractivity contribution is 5.86. The van der Waals surface area contributed by atoms with Crippen molar-refractivity contribution in [3.05, 3.63) is 59.7 Å². The minimum absolute atomic E-state index is 0.0122. The lowest BCUT2D eigenvalue weighted by Gasteiger charge is -2.24. The second-order valence-electron chi connectivity index (χ2n) is 7.97. The Balaban J connectivity index is 1.61. The van der Waals surface area contributed by atoms with Crippen LogP contribution in [0.25, 0.3) is 11.1 Å². The summed E-state index contributed by atoms with van der Waals surface area (Å²) < 4.78 is 44.9. The number of rotatable bonds is 9. The monoisotopic (exact) mass is 478 g/mol. The molecule has 2 aromatic carbocycles. The average Bonchev–Trinajstić information content (AvgIpc) is 3.11. The molecule has 2 atom stereocenters. The number of carboxylic acid groups (broad SMARTS) is 1. The second kappa shape index (κ2) is 10.6. The first-order valence-corrected chi connectivity index (χ1v) is 10.8. The molecule has 0 saturated heterocycles. The van der Waals surface area contributed by atoms with E-state index in [0.717, 1.165) is 22.3 Å². The first-order valence-electron chi connectivity index (χ1n) is 10.8. The van der Waals surface area contributed by atoms with Gasteiger partial charge in [-0.25, -0.2) is 4.79 Å². The van der Waals surface area contributed by atoms with Crippen LogP contribution in [0.3, 0.4) is 0 Å². The number of hydrogen-bond acceptors (Lipinski definition) is 4. The fourth-order valence-electron chi connectivity index (χ4n) is 3.99. The first-order chi connectivity index (χ1) is 16.1. The summed E-state index contributed by atoms with van der Waals surface area (Å²) in [7, 11) is 0. The molecule has 0 saturated carbocycles. The molecule has 0 fully saturated rings. The van der Waals surface area contributed by atoms with Gasteiger partial charge in [-0.3, -0.25) is 9.59 Å². The van der Waals surface area contributed by atoms with Gasteiger partial charge in [-0.1, -0.05) is 55.5 Å². The molecule has 34 heavy (non-hydrogen) atoms. The van der Waals surface area contributed by atoms with Gasteiger partial charge < -0.3 is 20.5 Å². The highest BCUT2D eigenvalue weighted by Crippen LogP contribution is 2.44. The number of benzene rings is 2. The number of alkyl halides is 3. The minimum atomic E-state index is -4.83. The number of fused-ring (bicyclic) bond motifs is 3. The number of carbonyl (C=O) groups excluding carboxylic acids is 2. The molecular weight excluding hydrogens is 453 g/mol. The maximum absolute atomic E-state index is 13.2. The number of halogens is 3. The van der Waals surface area contributed by atoms with E-state index in [0.29, 0.717) is 0 Å². The Kier molecular flexibility index (Phi) is 7.80. The van der Waals surface area contributed by atoms with E-state index in [2.05, 4.69) is 5.32 Å². The van der Waals surface area contributed by atoms with Gasteiger partial charge in [0.15, 0.2) is 0 Å². The summed E-state index contributed by atoms with van der Waals surface area (Å²) in [4.78, 5) is 35.4. The van der Waals surface area contributed by atoms with E-state index in [1.165, 1.54) is 6.92 Å². The predicted octanol–water partition coefficient (Wildman–Crippen LogP) is 4.22. The number of carboxylic acids is 1. The molecule has 1 aliphatic carbocycles. The Bertz CT molecular complexity index is 1010. The van der Waals surface area contributed by atoms with Crippen molar-refractivity contribution in [2.45, 2.75) is 50.4 Å². The van der Waals surface area contributed by atoms with Gasteiger partial charge in [0.1, 0.15) is 18.7 Å². The molecule has 0 bridgehead atoms. The molecule has 1 aliphatic rings. The maximum Gasteiger partial charge on any atom is 0.408 e. The summed E-state index contributed by atoms with van der Waals surface area (Å²) in [5.41, 5.74) is 4.07. The van der Waals surface area contributed by atoms with E-state index in [1.54, 1.807) is 5.32 Å². The van der Waals surface area contributed by atoms with Crippen LogP contribution in [0, 0.1) is 0 Å². The van der Waals surface area contributed by atoms with E-state index in [4.69, 9.17) is 9.84 Å². The number of nitrogens with one attached hydrogen (secondary N) is 2. The predicted molar refractivity (Wildman–Crippen MR) is 117 cm³/mol. The largest absolute Gasteiger partial charge is 0.481 e. The van der Waals surface area contributed by atoms with Crippen molar-refractivity contribution >= 4 is 18.0 Å². The number of alkyl carbamates (subject to hydrolysis) is 1. The van der Waals surface area contributed by atoms with Crippen molar-refractivity contribution < 1.29 is 37.4 Å². The van der Waals surface area contributed by atoms with Crippen molar-refractivity contribution in [1.29, 1.82) is 0 Å². The molecule has 0 heterocycles. The highest BCUT2D eigenvalue weighted by Gasteiger charge is 2.41. The van der Waals surface area contributed by atoms with Crippen molar-refractivity contribution in [2.24, 2.45) is 0 Å². The van der Waals surface area contributed by atoms with Crippen LogP contribution in [-0.4, -0.2) is 47.9 Å². The normalized spacial score (nSPS) is 14.5. The van der Waals surface area contributed by atoms with Crippen LogP contribution >= 0.6 is 0 Å². The minimum Gasteiger partial charge on any atom is -0.481 e. The van der Waals surface area contributed by atoms with Gasteiger partial charge in [0.05, 0.1) is 0 Å². The lowest BCUT2D eigenvalue weighted by Crippen LogP contribution is -2.53. The van der Waals surface area contributed by atoms with Crippen molar-refractivity contribution in [3.8, 4) is 11.1 Å². The van der Waals surface area contributed by atoms with Crippen LogP contribution in [0.5, 0.6) is 0 Å². The van der Waals surface area contributed by atoms with Crippen LogP contribution in [-0.2, 0) is 14.3 Å². The molecule has 7 nitrogen and oxygen atoms in total. The van der Waals surface area contributed by atoms with E-state index < -0.39 is 49.1 Å². The average molecular weight is 478 g/mol. The molecule has 0 radical (unpaired) electrons. The molecular formula is C24H25F3N2O5. The van der Waals surface area contributed by atoms with Crippen LogP contribution in [0.2, 0.25) is 0 Å². The van der Waals surface area contributed by atoms with Gasteiger partial charge >= 0.3 is 18.2 Å². The fraction of sp³-hybridized carbons (Fsp3) is 0.375. The van der Waals surface area contributed by atoms with Crippen molar-refractivity contribution in [3.63, 3.8) is 0 Å². The SMILES string of the molecule is CCC(NC(=O)OCC1c2ccccc2-c2ccccc21)C(=O)N[C@@H](CCC(=O)O)C(F)(F)F.